The van der Waals surface area contributed by atoms with E-state index in [0.717, 1.165) is 16.6 Å². The van der Waals surface area contributed by atoms with E-state index in [2.05, 4.69) is 15.9 Å². The van der Waals surface area contributed by atoms with Crippen molar-refractivity contribution >= 4 is 27.5 Å². The first-order valence-corrected chi connectivity index (χ1v) is 5.01. The summed E-state index contributed by atoms with van der Waals surface area (Å²) in [5, 5.41) is 0. The Morgan fingerprint density at radius 2 is 2.33 bits per heavy atom. The van der Waals surface area contributed by atoms with E-state index in [1.165, 1.54) is 0 Å². The monoisotopic (exact) mass is 248 g/mol. The first kappa shape index (κ1) is 9.87. The second-order valence-electron chi connectivity index (χ2n) is 2.39. The Morgan fingerprint density at radius 3 is 2.92 bits per heavy atom. The first-order chi connectivity index (χ1) is 5.72. The van der Waals surface area contributed by atoms with Gasteiger partial charge in [-0.15, -0.1) is 0 Å². The van der Waals surface area contributed by atoms with Crippen LogP contribution in [-0.4, -0.2) is 5.56 Å². The maximum absolute atomic E-state index is 5.81. The summed E-state index contributed by atoms with van der Waals surface area (Å²) < 4.78 is 6.38. The fraction of sp³-hybridized carbons (Fsp3) is 0.333. The van der Waals surface area contributed by atoms with Crippen LogP contribution in [0.5, 0.6) is 5.75 Å². The zero-order valence-corrected chi connectivity index (χ0v) is 9.10. The molecule has 1 unspecified atom stereocenters. The Kier molecular flexibility index (Phi) is 3.89. The molecule has 3 heteroatoms. The van der Waals surface area contributed by atoms with Gasteiger partial charge in [-0.1, -0.05) is 40.5 Å². The van der Waals surface area contributed by atoms with E-state index >= 15 is 0 Å². The highest BCUT2D eigenvalue weighted by Gasteiger charge is 2.02. The van der Waals surface area contributed by atoms with Crippen LogP contribution in [0.3, 0.4) is 0 Å². The molecule has 0 spiro atoms. The van der Waals surface area contributed by atoms with E-state index in [9.17, 15) is 0 Å². The Morgan fingerprint density at radius 1 is 1.58 bits per heavy atom. The van der Waals surface area contributed by atoms with Crippen molar-refractivity contribution in [2.24, 2.45) is 0 Å². The lowest BCUT2D eigenvalue weighted by molar-refractivity contribution is 0.277. The van der Waals surface area contributed by atoms with Gasteiger partial charge in [0.15, 0.2) is 5.56 Å². The molecule has 0 amide bonds. The third-order valence-electron chi connectivity index (χ3n) is 1.38. The number of hydrogen-bond acceptors (Lipinski definition) is 1. The van der Waals surface area contributed by atoms with Crippen LogP contribution in [-0.2, 0) is 0 Å². The van der Waals surface area contributed by atoms with Gasteiger partial charge in [0.05, 0.1) is 0 Å². The quantitative estimate of drug-likeness (QED) is 0.740. The smallest absolute Gasteiger partial charge is 0.171 e. The number of halogens is 2. The van der Waals surface area contributed by atoms with Crippen molar-refractivity contribution in [3.63, 3.8) is 0 Å². The van der Waals surface area contributed by atoms with Crippen LogP contribution in [0, 0.1) is 0 Å². The highest BCUT2D eigenvalue weighted by atomic mass is 79.9. The molecule has 0 bridgehead atoms. The second kappa shape index (κ2) is 4.73. The predicted molar refractivity (Wildman–Crippen MR) is 54.7 cm³/mol. The van der Waals surface area contributed by atoms with Gasteiger partial charge < -0.3 is 4.74 Å². The van der Waals surface area contributed by atoms with Gasteiger partial charge in [-0.2, -0.15) is 0 Å². The van der Waals surface area contributed by atoms with Gasteiger partial charge in [0.2, 0.25) is 0 Å². The van der Waals surface area contributed by atoms with Crippen LogP contribution >= 0.6 is 27.5 Å². The molecule has 0 N–H and O–H groups in total. The fourth-order valence-electron chi connectivity index (χ4n) is 0.771. The maximum Gasteiger partial charge on any atom is 0.171 e. The molecule has 0 saturated carbocycles. The molecule has 0 aliphatic heterocycles. The van der Waals surface area contributed by atoms with Crippen LogP contribution in [0.1, 0.15) is 13.3 Å². The van der Waals surface area contributed by atoms with Gasteiger partial charge in [-0.05, 0) is 24.6 Å². The standard InChI is InChI=1S/C9H10BrClO/c1-2-9(11)12-8-5-3-4-7(10)6-8/h3-6,9H,2H2,1H3. The van der Waals surface area contributed by atoms with Gasteiger partial charge in [0, 0.05) is 4.47 Å². The van der Waals surface area contributed by atoms with Gasteiger partial charge in [0.1, 0.15) is 5.75 Å². The van der Waals surface area contributed by atoms with Crippen molar-refractivity contribution in [1.82, 2.24) is 0 Å². The molecule has 1 atom stereocenters. The maximum atomic E-state index is 5.81. The van der Waals surface area contributed by atoms with E-state index < -0.39 is 0 Å². The first-order valence-electron chi connectivity index (χ1n) is 3.78. The summed E-state index contributed by atoms with van der Waals surface area (Å²) in [5.74, 6) is 0.797. The number of hydrogen-bond donors (Lipinski definition) is 0. The summed E-state index contributed by atoms with van der Waals surface area (Å²) in [6.45, 7) is 1.98. The van der Waals surface area contributed by atoms with Gasteiger partial charge >= 0.3 is 0 Å². The van der Waals surface area contributed by atoms with Crippen molar-refractivity contribution < 1.29 is 4.74 Å². The SMILES string of the molecule is CCC(Cl)Oc1cccc(Br)c1. The molecule has 0 fully saturated rings. The van der Waals surface area contributed by atoms with Gasteiger partial charge in [-0.3, -0.25) is 0 Å². The van der Waals surface area contributed by atoms with Gasteiger partial charge in [-0.25, -0.2) is 0 Å². The van der Waals surface area contributed by atoms with E-state index in [1.54, 1.807) is 0 Å². The molecule has 1 aromatic carbocycles. The molecule has 1 nitrogen and oxygen atoms in total. The second-order valence-corrected chi connectivity index (χ2v) is 3.80. The highest BCUT2D eigenvalue weighted by Crippen LogP contribution is 2.20. The lowest BCUT2D eigenvalue weighted by Crippen LogP contribution is -2.06. The Bertz CT molecular complexity index is 252. The summed E-state index contributed by atoms with van der Waals surface area (Å²) in [7, 11) is 0. The van der Waals surface area contributed by atoms with Crippen molar-refractivity contribution in [3.05, 3.63) is 28.7 Å². The Balaban J connectivity index is 2.63. The zero-order valence-electron chi connectivity index (χ0n) is 6.76. The highest BCUT2D eigenvalue weighted by molar-refractivity contribution is 9.10. The molecule has 12 heavy (non-hydrogen) atoms. The lowest BCUT2D eigenvalue weighted by Gasteiger charge is -2.09. The predicted octanol–water partition coefficient (Wildman–Crippen LogP) is 3.80. The normalized spacial score (nSPS) is 12.6. The van der Waals surface area contributed by atoms with Gasteiger partial charge in [0.25, 0.3) is 0 Å². The largest absolute Gasteiger partial charge is 0.475 e. The minimum Gasteiger partial charge on any atom is -0.475 e. The molecule has 1 rings (SSSR count). The summed E-state index contributed by atoms with van der Waals surface area (Å²) in [4.78, 5) is 0. The van der Waals surface area contributed by atoms with Crippen LogP contribution < -0.4 is 4.74 Å². The molecule has 0 saturated heterocycles. The minimum absolute atomic E-state index is 0.237. The number of rotatable bonds is 3. The lowest BCUT2D eigenvalue weighted by atomic mass is 10.3. The van der Waals surface area contributed by atoms with Crippen molar-refractivity contribution in [3.8, 4) is 5.75 Å². The molecule has 0 radical (unpaired) electrons. The average Bonchev–Trinajstić information content (AvgIpc) is 2.04. The molecular formula is C9H10BrClO. The molecule has 0 heterocycles. The van der Waals surface area contributed by atoms with Crippen molar-refractivity contribution in [2.75, 3.05) is 0 Å². The summed E-state index contributed by atoms with van der Waals surface area (Å²) in [5.41, 5.74) is -0.237. The summed E-state index contributed by atoms with van der Waals surface area (Å²) >= 11 is 9.17. The van der Waals surface area contributed by atoms with Crippen molar-refractivity contribution in [2.45, 2.75) is 18.9 Å². The molecule has 0 aliphatic carbocycles. The number of benzene rings is 1. The molecule has 1 aromatic rings. The van der Waals surface area contributed by atoms with Crippen LogP contribution in [0.2, 0.25) is 0 Å². The van der Waals surface area contributed by atoms with E-state index in [4.69, 9.17) is 16.3 Å². The number of alkyl halides is 1. The van der Waals surface area contributed by atoms with E-state index in [1.807, 2.05) is 31.2 Å². The van der Waals surface area contributed by atoms with Crippen molar-refractivity contribution in [1.29, 1.82) is 0 Å². The average molecular weight is 250 g/mol. The molecule has 0 aliphatic rings. The Hall–Kier alpha value is -0.210. The topological polar surface area (TPSA) is 9.23 Å². The third kappa shape index (κ3) is 3.03. The summed E-state index contributed by atoms with van der Waals surface area (Å²) in [6.07, 6.45) is 0.800. The Labute approximate surface area is 85.8 Å². The minimum atomic E-state index is -0.237. The molecule has 0 aromatic heterocycles. The third-order valence-corrected chi connectivity index (χ3v) is 2.27. The fourth-order valence-corrected chi connectivity index (χ4v) is 1.25. The van der Waals surface area contributed by atoms with Crippen LogP contribution in [0.25, 0.3) is 0 Å². The zero-order chi connectivity index (χ0) is 8.97. The van der Waals surface area contributed by atoms with Crippen LogP contribution in [0.15, 0.2) is 28.7 Å². The summed E-state index contributed by atoms with van der Waals surface area (Å²) in [6, 6.07) is 7.64. The molecule has 66 valence electrons. The van der Waals surface area contributed by atoms with E-state index in [0.29, 0.717) is 0 Å². The van der Waals surface area contributed by atoms with Crippen LogP contribution in [0.4, 0.5) is 0 Å². The molecular weight excluding hydrogens is 239 g/mol. The van der Waals surface area contributed by atoms with E-state index in [-0.39, 0.29) is 5.56 Å². The number of ether oxygens (including phenoxy) is 1.